The zero-order chi connectivity index (χ0) is 11.4. The summed E-state index contributed by atoms with van der Waals surface area (Å²) in [5, 5.41) is 0. The van der Waals surface area contributed by atoms with Gasteiger partial charge in [-0.2, -0.15) is 0 Å². The molecule has 5 nitrogen and oxygen atoms in total. The van der Waals surface area contributed by atoms with E-state index in [0.29, 0.717) is 6.54 Å². The fraction of sp³-hybridized carbons (Fsp3) is 0.273. The van der Waals surface area contributed by atoms with Crippen LogP contribution in [0.2, 0.25) is 0 Å². The van der Waals surface area contributed by atoms with E-state index in [1.807, 2.05) is 18.0 Å². The molecule has 2 heterocycles. The molecule has 0 spiro atoms. The molecule has 2 aromatic rings. The lowest BCUT2D eigenvalue weighted by atomic mass is 10.3. The van der Waals surface area contributed by atoms with Crippen LogP contribution < -0.4 is 10.6 Å². The second kappa shape index (κ2) is 4.76. The Morgan fingerprint density at radius 3 is 3.00 bits per heavy atom. The zero-order valence-corrected chi connectivity index (χ0v) is 9.13. The Labute approximate surface area is 93.9 Å². The fourth-order valence-corrected chi connectivity index (χ4v) is 1.41. The van der Waals surface area contributed by atoms with Crippen LogP contribution in [0.15, 0.2) is 35.4 Å². The Bertz CT molecular complexity index is 441. The summed E-state index contributed by atoms with van der Waals surface area (Å²) in [4.78, 5) is 10.5. The first-order valence-corrected chi connectivity index (χ1v) is 5.03. The fourth-order valence-electron chi connectivity index (χ4n) is 1.41. The zero-order valence-electron chi connectivity index (χ0n) is 9.13. The van der Waals surface area contributed by atoms with Crippen LogP contribution in [-0.2, 0) is 13.1 Å². The number of hydrogen-bond acceptors (Lipinski definition) is 5. The predicted octanol–water partition coefficient (Wildman–Crippen LogP) is 1.16. The number of rotatable bonds is 4. The normalized spacial score (nSPS) is 10.4. The van der Waals surface area contributed by atoms with Crippen LogP contribution in [0.25, 0.3) is 0 Å². The molecule has 0 unspecified atom stereocenters. The number of aromatic nitrogens is 2. The van der Waals surface area contributed by atoms with Gasteiger partial charge < -0.3 is 15.1 Å². The van der Waals surface area contributed by atoms with Crippen molar-refractivity contribution in [1.29, 1.82) is 0 Å². The Kier molecular flexibility index (Phi) is 3.16. The van der Waals surface area contributed by atoms with Gasteiger partial charge in [0.1, 0.15) is 5.82 Å². The van der Waals surface area contributed by atoms with Gasteiger partial charge in [-0.25, -0.2) is 4.98 Å². The van der Waals surface area contributed by atoms with Gasteiger partial charge in [0.25, 0.3) is 0 Å². The number of furan rings is 1. The van der Waals surface area contributed by atoms with E-state index >= 15 is 0 Å². The maximum absolute atomic E-state index is 5.52. The molecule has 0 radical (unpaired) electrons. The van der Waals surface area contributed by atoms with Crippen molar-refractivity contribution in [2.75, 3.05) is 11.9 Å². The van der Waals surface area contributed by atoms with Gasteiger partial charge in [-0.15, -0.1) is 0 Å². The summed E-state index contributed by atoms with van der Waals surface area (Å²) in [7, 11) is 1.96. The molecule has 0 saturated carbocycles. The monoisotopic (exact) mass is 218 g/mol. The Morgan fingerprint density at radius 1 is 1.44 bits per heavy atom. The van der Waals surface area contributed by atoms with E-state index in [1.165, 1.54) is 0 Å². The summed E-state index contributed by atoms with van der Waals surface area (Å²) < 4.78 is 5.01. The van der Waals surface area contributed by atoms with E-state index in [1.54, 1.807) is 24.9 Å². The quantitative estimate of drug-likeness (QED) is 0.834. The van der Waals surface area contributed by atoms with Crippen LogP contribution in [0.3, 0.4) is 0 Å². The van der Waals surface area contributed by atoms with Gasteiger partial charge in [0, 0.05) is 31.9 Å². The maximum Gasteiger partial charge on any atom is 0.147 e. The van der Waals surface area contributed by atoms with Crippen LogP contribution in [0.5, 0.6) is 0 Å². The number of anilines is 1. The smallest absolute Gasteiger partial charge is 0.147 e. The molecule has 0 aromatic carbocycles. The standard InChI is InChI=1S/C11H14N4O/c1-15(7-9-2-3-16-8-9)11-6-13-5-10(4-12)14-11/h2-3,5-6,8H,4,7,12H2,1H3. The summed E-state index contributed by atoms with van der Waals surface area (Å²) in [5.41, 5.74) is 7.41. The summed E-state index contributed by atoms with van der Waals surface area (Å²) in [6.07, 6.45) is 6.77. The van der Waals surface area contributed by atoms with Gasteiger partial charge in [-0.1, -0.05) is 0 Å². The van der Waals surface area contributed by atoms with Gasteiger partial charge in [-0.05, 0) is 6.07 Å². The molecular formula is C11H14N4O. The highest BCUT2D eigenvalue weighted by Gasteiger charge is 2.05. The Morgan fingerprint density at radius 2 is 2.31 bits per heavy atom. The van der Waals surface area contributed by atoms with E-state index in [4.69, 9.17) is 10.2 Å². The molecule has 0 amide bonds. The van der Waals surface area contributed by atoms with Gasteiger partial charge >= 0.3 is 0 Å². The minimum Gasteiger partial charge on any atom is -0.472 e. The van der Waals surface area contributed by atoms with Crippen molar-refractivity contribution in [3.63, 3.8) is 0 Å². The third kappa shape index (κ3) is 2.38. The average Bonchev–Trinajstić information content (AvgIpc) is 2.82. The van der Waals surface area contributed by atoms with Gasteiger partial charge in [0.15, 0.2) is 0 Å². The first-order valence-electron chi connectivity index (χ1n) is 5.03. The second-order valence-corrected chi connectivity index (χ2v) is 3.56. The molecule has 0 aliphatic carbocycles. The second-order valence-electron chi connectivity index (χ2n) is 3.56. The number of nitrogens with two attached hydrogens (primary N) is 1. The molecule has 0 aliphatic heterocycles. The molecule has 0 saturated heterocycles. The molecule has 84 valence electrons. The topological polar surface area (TPSA) is 68.2 Å². The van der Waals surface area contributed by atoms with E-state index in [2.05, 4.69) is 9.97 Å². The van der Waals surface area contributed by atoms with Gasteiger partial charge in [0.2, 0.25) is 0 Å². The van der Waals surface area contributed by atoms with Crippen molar-refractivity contribution in [3.05, 3.63) is 42.2 Å². The van der Waals surface area contributed by atoms with E-state index in [0.717, 1.165) is 23.6 Å². The van der Waals surface area contributed by atoms with E-state index in [-0.39, 0.29) is 0 Å². The van der Waals surface area contributed by atoms with Crippen molar-refractivity contribution in [2.24, 2.45) is 5.73 Å². The van der Waals surface area contributed by atoms with Crippen molar-refractivity contribution in [3.8, 4) is 0 Å². The van der Waals surface area contributed by atoms with Crippen LogP contribution in [-0.4, -0.2) is 17.0 Å². The highest BCUT2D eigenvalue weighted by atomic mass is 16.3. The molecule has 0 atom stereocenters. The third-order valence-electron chi connectivity index (χ3n) is 2.27. The molecule has 0 fully saturated rings. The molecule has 2 rings (SSSR count). The molecule has 5 heteroatoms. The van der Waals surface area contributed by atoms with Gasteiger partial charge in [0.05, 0.1) is 24.4 Å². The van der Waals surface area contributed by atoms with Crippen molar-refractivity contribution >= 4 is 5.82 Å². The van der Waals surface area contributed by atoms with Crippen LogP contribution in [0.1, 0.15) is 11.3 Å². The van der Waals surface area contributed by atoms with E-state index < -0.39 is 0 Å². The Hall–Kier alpha value is -1.88. The molecule has 0 bridgehead atoms. The minimum atomic E-state index is 0.403. The van der Waals surface area contributed by atoms with Gasteiger partial charge in [-0.3, -0.25) is 4.98 Å². The van der Waals surface area contributed by atoms with Crippen LogP contribution in [0.4, 0.5) is 5.82 Å². The average molecular weight is 218 g/mol. The highest BCUT2D eigenvalue weighted by Crippen LogP contribution is 2.12. The lowest BCUT2D eigenvalue weighted by molar-refractivity contribution is 0.563. The molecule has 2 N–H and O–H groups in total. The number of nitrogens with zero attached hydrogens (tertiary/aromatic N) is 3. The molecule has 16 heavy (non-hydrogen) atoms. The molecule has 0 aliphatic rings. The van der Waals surface area contributed by atoms with Crippen LogP contribution >= 0.6 is 0 Å². The molecule has 2 aromatic heterocycles. The van der Waals surface area contributed by atoms with E-state index in [9.17, 15) is 0 Å². The SMILES string of the molecule is CN(Cc1ccoc1)c1cncc(CN)n1. The Balaban J connectivity index is 2.11. The first kappa shape index (κ1) is 10.6. The summed E-state index contributed by atoms with van der Waals surface area (Å²) in [6.45, 7) is 1.14. The molecular weight excluding hydrogens is 204 g/mol. The predicted molar refractivity (Wildman–Crippen MR) is 60.7 cm³/mol. The van der Waals surface area contributed by atoms with Crippen molar-refractivity contribution < 1.29 is 4.42 Å². The summed E-state index contributed by atoms with van der Waals surface area (Å²) in [5.74, 6) is 0.809. The summed E-state index contributed by atoms with van der Waals surface area (Å²) >= 11 is 0. The number of hydrogen-bond donors (Lipinski definition) is 1. The van der Waals surface area contributed by atoms with Crippen LogP contribution in [0, 0.1) is 0 Å². The summed E-state index contributed by atoms with van der Waals surface area (Å²) in [6, 6.07) is 1.93. The lowest BCUT2D eigenvalue weighted by Crippen LogP contribution is -2.18. The first-order chi connectivity index (χ1) is 7.79. The highest BCUT2D eigenvalue weighted by molar-refractivity contribution is 5.36. The lowest BCUT2D eigenvalue weighted by Gasteiger charge is -2.17. The van der Waals surface area contributed by atoms with Crippen molar-refractivity contribution in [1.82, 2.24) is 9.97 Å². The largest absolute Gasteiger partial charge is 0.472 e. The minimum absolute atomic E-state index is 0.403. The van der Waals surface area contributed by atoms with Crippen molar-refractivity contribution in [2.45, 2.75) is 13.1 Å². The maximum atomic E-state index is 5.52. The third-order valence-corrected chi connectivity index (χ3v) is 2.27.